The number of nitrogens with zero attached hydrogens (tertiary/aromatic N) is 2. The van der Waals surface area contributed by atoms with Crippen LogP contribution in [0.4, 0.5) is 11.4 Å². The number of hydrogen-bond donors (Lipinski definition) is 1. The Morgan fingerprint density at radius 1 is 1.33 bits per heavy atom. The van der Waals surface area contributed by atoms with Crippen molar-refractivity contribution in [1.82, 2.24) is 4.98 Å². The highest BCUT2D eigenvalue weighted by atomic mass is 35.5. The number of para-hydroxylation sites is 1. The Morgan fingerprint density at radius 3 is 2.90 bits per heavy atom. The number of anilines is 2. The molecule has 3 heterocycles. The van der Waals surface area contributed by atoms with Gasteiger partial charge >= 0.3 is 0 Å². The molecule has 160 valence electrons. The molecule has 1 aromatic carbocycles. The SMILES string of the molecule is CCOCCN(c1cccc2c1NC(c1ncc(CCl)s1)C2)S(=O)(=O)c1cccs1. The summed E-state index contributed by atoms with van der Waals surface area (Å²) in [6.07, 6.45) is 2.55. The van der Waals surface area contributed by atoms with Crippen LogP contribution in [-0.4, -0.2) is 33.2 Å². The van der Waals surface area contributed by atoms with E-state index in [9.17, 15) is 8.42 Å². The summed E-state index contributed by atoms with van der Waals surface area (Å²) in [6, 6.07) is 9.16. The number of nitrogens with one attached hydrogen (secondary N) is 1. The molecular weight excluding hydrogens is 462 g/mol. The van der Waals surface area contributed by atoms with E-state index in [-0.39, 0.29) is 12.6 Å². The van der Waals surface area contributed by atoms with Gasteiger partial charge in [-0.2, -0.15) is 0 Å². The highest BCUT2D eigenvalue weighted by Crippen LogP contribution is 2.43. The zero-order chi connectivity index (χ0) is 21.1. The first-order valence-electron chi connectivity index (χ1n) is 9.57. The summed E-state index contributed by atoms with van der Waals surface area (Å²) in [6.45, 7) is 2.99. The van der Waals surface area contributed by atoms with Crippen molar-refractivity contribution in [2.45, 2.75) is 29.5 Å². The predicted molar refractivity (Wildman–Crippen MR) is 124 cm³/mol. The Bertz CT molecular complexity index is 1100. The minimum absolute atomic E-state index is 0.00120. The van der Waals surface area contributed by atoms with E-state index in [0.717, 1.165) is 27.6 Å². The lowest BCUT2D eigenvalue weighted by molar-refractivity contribution is 0.156. The zero-order valence-electron chi connectivity index (χ0n) is 16.4. The predicted octanol–water partition coefficient (Wildman–Crippen LogP) is 4.88. The van der Waals surface area contributed by atoms with Gasteiger partial charge in [-0.3, -0.25) is 4.31 Å². The fourth-order valence-electron chi connectivity index (χ4n) is 3.45. The van der Waals surface area contributed by atoms with Crippen molar-refractivity contribution in [2.24, 2.45) is 0 Å². The standard InChI is InChI=1S/C20H22ClN3O3S3/c1-2-27-9-8-24(30(25,26)18-7-4-10-28-18)17-6-3-5-14-11-16(23-19(14)17)20-22-13-15(12-21)29-20/h3-7,10,13,16,23H,2,8-9,11-12H2,1H3. The van der Waals surface area contributed by atoms with Gasteiger partial charge in [0.1, 0.15) is 9.22 Å². The molecule has 2 aromatic heterocycles. The van der Waals surface area contributed by atoms with Crippen LogP contribution in [0.2, 0.25) is 0 Å². The lowest BCUT2D eigenvalue weighted by Gasteiger charge is -2.26. The van der Waals surface area contributed by atoms with Crippen molar-refractivity contribution in [3.8, 4) is 0 Å². The lowest BCUT2D eigenvalue weighted by atomic mass is 10.1. The topological polar surface area (TPSA) is 71.5 Å². The number of aromatic nitrogens is 1. The average Bonchev–Trinajstić information content (AvgIpc) is 3.50. The van der Waals surface area contributed by atoms with Gasteiger partial charge in [-0.05, 0) is 30.0 Å². The molecule has 1 aliphatic heterocycles. The lowest BCUT2D eigenvalue weighted by Crippen LogP contribution is -2.34. The fraction of sp³-hybridized carbons (Fsp3) is 0.350. The second kappa shape index (κ2) is 9.23. The number of thiazole rings is 1. The van der Waals surface area contributed by atoms with Crippen LogP contribution in [0.3, 0.4) is 0 Å². The van der Waals surface area contributed by atoms with Gasteiger partial charge in [0.25, 0.3) is 10.0 Å². The van der Waals surface area contributed by atoms with Crippen molar-refractivity contribution in [1.29, 1.82) is 0 Å². The number of hydrogen-bond acceptors (Lipinski definition) is 7. The van der Waals surface area contributed by atoms with Crippen LogP contribution in [0.5, 0.6) is 0 Å². The van der Waals surface area contributed by atoms with E-state index in [1.807, 2.05) is 25.1 Å². The van der Waals surface area contributed by atoms with Crippen molar-refractivity contribution in [2.75, 3.05) is 29.4 Å². The minimum atomic E-state index is -3.69. The molecule has 1 N–H and O–H groups in total. The van der Waals surface area contributed by atoms with E-state index in [0.29, 0.717) is 29.0 Å². The zero-order valence-corrected chi connectivity index (χ0v) is 19.6. The number of sulfonamides is 1. The molecule has 0 fully saturated rings. The van der Waals surface area contributed by atoms with Crippen molar-refractivity contribution >= 4 is 55.7 Å². The van der Waals surface area contributed by atoms with E-state index in [2.05, 4.69) is 10.3 Å². The molecule has 1 unspecified atom stereocenters. The molecule has 0 saturated heterocycles. The number of fused-ring (bicyclic) bond motifs is 1. The largest absolute Gasteiger partial charge is 0.380 e. The van der Waals surface area contributed by atoms with Gasteiger partial charge in [0, 0.05) is 24.1 Å². The number of alkyl halides is 1. The van der Waals surface area contributed by atoms with E-state index < -0.39 is 10.0 Å². The van der Waals surface area contributed by atoms with E-state index in [1.54, 1.807) is 35.0 Å². The maximum Gasteiger partial charge on any atom is 0.273 e. The summed E-state index contributed by atoms with van der Waals surface area (Å²) in [5.74, 6) is 0.437. The summed E-state index contributed by atoms with van der Waals surface area (Å²) in [5, 5.41) is 6.23. The second-order valence-corrected chi connectivity index (χ2v) is 11.2. The monoisotopic (exact) mass is 483 g/mol. The van der Waals surface area contributed by atoms with Crippen molar-refractivity contribution in [3.63, 3.8) is 0 Å². The third-order valence-corrected chi connectivity index (χ3v) is 9.57. The van der Waals surface area contributed by atoms with Gasteiger partial charge in [-0.25, -0.2) is 13.4 Å². The molecular formula is C20H22ClN3O3S3. The first kappa shape index (κ1) is 21.6. The molecule has 10 heteroatoms. The van der Waals surface area contributed by atoms with Crippen LogP contribution in [0, 0.1) is 0 Å². The molecule has 1 atom stereocenters. The smallest absolute Gasteiger partial charge is 0.273 e. The average molecular weight is 484 g/mol. The van der Waals surface area contributed by atoms with E-state index in [1.165, 1.54) is 15.6 Å². The van der Waals surface area contributed by atoms with Crippen molar-refractivity contribution < 1.29 is 13.2 Å². The molecule has 0 aliphatic carbocycles. The van der Waals surface area contributed by atoms with Crippen LogP contribution < -0.4 is 9.62 Å². The maximum absolute atomic E-state index is 13.4. The summed E-state index contributed by atoms with van der Waals surface area (Å²) in [4.78, 5) is 5.51. The molecule has 0 spiro atoms. The number of ether oxygens (including phenoxy) is 1. The number of rotatable bonds is 9. The number of halogens is 1. The van der Waals surface area contributed by atoms with Gasteiger partial charge in [0.15, 0.2) is 0 Å². The summed E-state index contributed by atoms with van der Waals surface area (Å²) in [5.41, 5.74) is 2.54. The summed E-state index contributed by atoms with van der Waals surface area (Å²) < 4.78 is 34.1. The molecule has 0 amide bonds. The molecule has 4 rings (SSSR count). The molecule has 30 heavy (non-hydrogen) atoms. The van der Waals surface area contributed by atoms with Crippen LogP contribution in [-0.2, 0) is 27.1 Å². The van der Waals surface area contributed by atoms with Gasteiger partial charge in [0.2, 0.25) is 0 Å². The quantitative estimate of drug-likeness (QED) is 0.346. The van der Waals surface area contributed by atoms with Crippen LogP contribution in [0.25, 0.3) is 0 Å². The Kier molecular flexibility index (Phi) is 6.64. The van der Waals surface area contributed by atoms with Gasteiger partial charge in [0.05, 0.1) is 36.4 Å². The summed E-state index contributed by atoms with van der Waals surface area (Å²) >= 11 is 8.72. The highest BCUT2D eigenvalue weighted by molar-refractivity contribution is 7.94. The van der Waals surface area contributed by atoms with Gasteiger partial charge in [-0.1, -0.05) is 18.2 Å². The van der Waals surface area contributed by atoms with Crippen molar-refractivity contribution in [3.05, 3.63) is 57.4 Å². The highest BCUT2D eigenvalue weighted by Gasteiger charge is 2.32. The maximum atomic E-state index is 13.4. The Labute approximate surface area is 189 Å². The van der Waals surface area contributed by atoms with Crippen LogP contribution in [0.1, 0.15) is 28.4 Å². The normalized spacial score (nSPS) is 15.7. The second-order valence-electron chi connectivity index (χ2n) is 6.72. The molecule has 0 saturated carbocycles. The number of benzene rings is 1. The minimum Gasteiger partial charge on any atom is -0.380 e. The van der Waals surface area contributed by atoms with E-state index >= 15 is 0 Å². The summed E-state index contributed by atoms with van der Waals surface area (Å²) in [7, 11) is -3.69. The molecule has 1 aliphatic rings. The number of thiophene rings is 1. The Morgan fingerprint density at radius 2 is 2.20 bits per heavy atom. The van der Waals surface area contributed by atoms with Crippen LogP contribution in [0.15, 0.2) is 46.1 Å². The first-order valence-corrected chi connectivity index (χ1v) is 13.2. The Balaban J connectivity index is 1.69. The molecule has 3 aromatic rings. The van der Waals surface area contributed by atoms with E-state index in [4.69, 9.17) is 16.3 Å². The van der Waals surface area contributed by atoms with Gasteiger partial charge < -0.3 is 10.1 Å². The third kappa shape index (κ3) is 4.22. The van der Waals surface area contributed by atoms with Crippen LogP contribution >= 0.6 is 34.3 Å². The fourth-order valence-corrected chi connectivity index (χ4v) is 7.07. The third-order valence-electron chi connectivity index (χ3n) is 4.82. The molecule has 0 radical (unpaired) electrons. The molecule has 0 bridgehead atoms. The molecule has 6 nitrogen and oxygen atoms in total. The first-order chi connectivity index (χ1) is 14.5. The van der Waals surface area contributed by atoms with Gasteiger partial charge in [-0.15, -0.1) is 34.3 Å². The Hall–Kier alpha value is -1.65.